The Morgan fingerprint density at radius 3 is 1.96 bits per heavy atom. The molecule has 1 heterocycles. The van der Waals surface area contributed by atoms with Crippen LogP contribution in [0, 0.1) is 11.3 Å². The fraction of sp³-hybridized carbons (Fsp3) is 0.0682. The van der Waals surface area contributed by atoms with E-state index in [2.05, 4.69) is 128 Å². The number of benzene rings is 6. The molecule has 7 rings (SSSR count). The zero-order chi connectivity index (χ0) is 32.2. The van der Waals surface area contributed by atoms with Gasteiger partial charge in [-0.05, 0) is 81.4 Å². The molecule has 7 aromatic rings. The Morgan fingerprint density at radius 1 is 0.617 bits per heavy atom. The molecule has 0 amide bonds. The van der Waals surface area contributed by atoms with Crippen molar-refractivity contribution < 1.29 is 0 Å². The topological polar surface area (TPSA) is 49.6 Å². The minimum absolute atomic E-state index is 0.700. The maximum atomic E-state index is 9.52. The van der Waals surface area contributed by atoms with Crippen LogP contribution in [-0.2, 0) is 0 Å². The van der Waals surface area contributed by atoms with Gasteiger partial charge in [-0.15, -0.1) is 0 Å². The van der Waals surface area contributed by atoms with E-state index < -0.39 is 0 Å². The maximum absolute atomic E-state index is 9.52. The van der Waals surface area contributed by atoms with Crippen molar-refractivity contribution in [2.24, 2.45) is 0 Å². The van der Waals surface area contributed by atoms with Gasteiger partial charge in [-0.3, -0.25) is 0 Å². The molecule has 0 saturated heterocycles. The maximum Gasteiger partial charge on any atom is 0.160 e. The second-order valence-electron chi connectivity index (χ2n) is 11.6. The van der Waals surface area contributed by atoms with Crippen LogP contribution in [0.15, 0.2) is 152 Å². The summed E-state index contributed by atoms with van der Waals surface area (Å²) in [6, 6.07) is 48.7. The summed E-state index contributed by atoms with van der Waals surface area (Å²) in [7, 11) is 0. The number of fused-ring (bicyclic) bond motifs is 2. The Labute approximate surface area is 275 Å². The lowest BCUT2D eigenvalue weighted by molar-refractivity contribution is 1.12. The number of hydrogen-bond donors (Lipinski definition) is 0. The zero-order valence-corrected chi connectivity index (χ0v) is 26.5. The third kappa shape index (κ3) is 5.98. The van der Waals surface area contributed by atoms with Crippen LogP contribution >= 0.6 is 0 Å². The molecule has 3 heteroatoms. The molecule has 0 radical (unpaired) electrons. The summed E-state index contributed by atoms with van der Waals surface area (Å²) in [4.78, 5) is 10.00. The Balaban J connectivity index is 1.24. The highest BCUT2D eigenvalue weighted by molar-refractivity contribution is 6.01. The van der Waals surface area contributed by atoms with Gasteiger partial charge in [-0.1, -0.05) is 134 Å². The van der Waals surface area contributed by atoms with E-state index >= 15 is 0 Å². The predicted molar refractivity (Wildman–Crippen MR) is 197 cm³/mol. The second-order valence-corrected chi connectivity index (χ2v) is 11.6. The molecule has 0 aliphatic heterocycles. The van der Waals surface area contributed by atoms with Gasteiger partial charge in [0.15, 0.2) is 5.82 Å². The summed E-state index contributed by atoms with van der Waals surface area (Å²) in [5.74, 6) is 0.729. The monoisotopic (exact) mass is 603 g/mol. The number of nitriles is 1. The van der Waals surface area contributed by atoms with Crippen LogP contribution in [0.1, 0.15) is 31.7 Å². The van der Waals surface area contributed by atoms with E-state index in [1.165, 1.54) is 16.3 Å². The van der Waals surface area contributed by atoms with E-state index in [-0.39, 0.29) is 0 Å². The number of rotatable bonds is 7. The van der Waals surface area contributed by atoms with Crippen molar-refractivity contribution in [2.75, 3.05) is 0 Å². The van der Waals surface area contributed by atoms with Crippen LogP contribution < -0.4 is 0 Å². The molecule has 1 aromatic heterocycles. The van der Waals surface area contributed by atoms with Crippen LogP contribution in [0.5, 0.6) is 0 Å². The van der Waals surface area contributed by atoms with Crippen molar-refractivity contribution in [3.05, 3.63) is 163 Å². The second kappa shape index (κ2) is 13.1. The number of hydrogen-bond acceptors (Lipinski definition) is 3. The van der Waals surface area contributed by atoms with Gasteiger partial charge in [-0.25, -0.2) is 9.97 Å². The lowest BCUT2D eigenvalue weighted by atomic mass is 9.93. The van der Waals surface area contributed by atoms with E-state index in [0.717, 1.165) is 67.8 Å². The van der Waals surface area contributed by atoms with Gasteiger partial charge in [0.1, 0.15) is 0 Å². The normalized spacial score (nSPS) is 11.7. The van der Waals surface area contributed by atoms with Crippen molar-refractivity contribution in [1.82, 2.24) is 9.97 Å². The average Bonchev–Trinajstić information content (AvgIpc) is 3.14. The summed E-state index contributed by atoms with van der Waals surface area (Å²) in [5, 5.41) is 13.9. The third-order valence-corrected chi connectivity index (χ3v) is 8.53. The predicted octanol–water partition coefficient (Wildman–Crippen LogP) is 11.7. The van der Waals surface area contributed by atoms with Gasteiger partial charge in [-0.2, -0.15) is 5.26 Å². The van der Waals surface area contributed by atoms with E-state index in [0.29, 0.717) is 5.56 Å². The van der Waals surface area contributed by atoms with Gasteiger partial charge < -0.3 is 0 Å². The fourth-order valence-corrected chi connectivity index (χ4v) is 6.21. The van der Waals surface area contributed by atoms with Gasteiger partial charge in [0.25, 0.3) is 0 Å². The van der Waals surface area contributed by atoms with E-state index in [9.17, 15) is 5.26 Å². The first kappa shape index (κ1) is 29.6. The van der Waals surface area contributed by atoms with Crippen molar-refractivity contribution in [3.63, 3.8) is 0 Å². The van der Waals surface area contributed by atoms with E-state index in [1.807, 2.05) is 43.3 Å². The molecule has 0 unspecified atom stereocenters. The molecule has 0 aliphatic rings. The smallest absolute Gasteiger partial charge is 0.160 e. The highest BCUT2D eigenvalue weighted by Gasteiger charge is 2.12. The molecule has 0 atom stereocenters. The van der Waals surface area contributed by atoms with Gasteiger partial charge >= 0.3 is 0 Å². The minimum Gasteiger partial charge on any atom is -0.228 e. The first-order valence-corrected chi connectivity index (χ1v) is 16.0. The Bertz CT molecular complexity index is 2340. The van der Waals surface area contributed by atoms with E-state index in [4.69, 9.17) is 9.97 Å². The summed E-state index contributed by atoms with van der Waals surface area (Å²) >= 11 is 0. The molecule has 3 nitrogen and oxygen atoms in total. The molecule has 0 aliphatic carbocycles. The molecule has 0 spiro atoms. The summed E-state index contributed by atoms with van der Waals surface area (Å²) in [6.07, 6.45) is 7.19. The molecule has 0 N–H and O–H groups in total. The quantitative estimate of drug-likeness (QED) is 0.170. The van der Waals surface area contributed by atoms with Gasteiger partial charge in [0.05, 0.1) is 23.0 Å². The molecule has 0 fully saturated rings. The largest absolute Gasteiger partial charge is 0.228 e. The summed E-state index contributed by atoms with van der Waals surface area (Å²) in [6.45, 7) is 4.15. The van der Waals surface area contributed by atoms with Gasteiger partial charge in [0.2, 0.25) is 0 Å². The summed E-state index contributed by atoms with van der Waals surface area (Å²) < 4.78 is 0. The molecule has 0 bridgehead atoms. The van der Waals surface area contributed by atoms with Crippen LogP contribution in [0.25, 0.3) is 71.9 Å². The summed E-state index contributed by atoms with van der Waals surface area (Å²) in [5.41, 5.74) is 10.3. The highest BCUT2D eigenvalue weighted by atomic mass is 14.9. The Hall–Kier alpha value is -6.11. The lowest BCUT2D eigenvalue weighted by Gasteiger charge is -2.12. The van der Waals surface area contributed by atoms with Crippen molar-refractivity contribution in [3.8, 4) is 50.8 Å². The van der Waals surface area contributed by atoms with E-state index in [1.54, 1.807) is 0 Å². The highest BCUT2D eigenvalue weighted by Crippen LogP contribution is 2.35. The molecular weight excluding hydrogens is 571 g/mol. The van der Waals surface area contributed by atoms with Crippen LogP contribution in [0.3, 0.4) is 0 Å². The van der Waals surface area contributed by atoms with Crippen molar-refractivity contribution >= 4 is 27.1 Å². The SMILES string of the molecule is C/C=C\C(=C/CC)c1nc(-c2ccccc2)cc(-c2ccc(-c3ccc4c(-c5ccc6c(C#N)cccc6c5)cccc4c3)cc2)n1. The average molecular weight is 604 g/mol. The Morgan fingerprint density at radius 2 is 1.23 bits per heavy atom. The van der Waals surface area contributed by atoms with Gasteiger partial charge in [0, 0.05) is 16.7 Å². The minimum atomic E-state index is 0.700. The number of aromatic nitrogens is 2. The zero-order valence-electron chi connectivity index (χ0n) is 26.5. The lowest BCUT2D eigenvalue weighted by Crippen LogP contribution is -1.98. The molecule has 47 heavy (non-hydrogen) atoms. The van der Waals surface area contributed by atoms with Crippen molar-refractivity contribution in [2.45, 2.75) is 20.3 Å². The fourth-order valence-electron chi connectivity index (χ4n) is 6.21. The van der Waals surface area contributed by atoms with Crippen LogP contribution in [0.2, 0.25) is 0 Å². The first-order chi connectivity index (χ1) is 23.1. The standard InChI is InChI=1S/C44H33N3/c1-3-10-33(11-4-2)44-46-42(31-12-6-5-7-13-31)28-43(47-44)32-20-18-30(19-21-32)34-22-25-41-36(26-34)15-9-17-40(41)37-23-24-39-35(27-37)14-8-16-38(39)29-45/h3,5-28H,4H2,1-2H3/b10-3-,33-11+. The molecular formula is C44H33N3. The molecule has 6 aromatic carbocycles. The molecule has 0 saturated carbocycles. The first-order valence-electron chi connectivity index (χ1n) is 16.0. The third-order valence-electron chi connectivity index (χ3n) is 8.53. The van der Waals surface area contributed by atoms with Crippen LogP contribution in [0.4, 0.5) is 0 Å². The van der Waals surface area contributed by atoms with Crippen LogP contribution in [-0.4, -0.2) is 9.97 Å². The number of nitrogens with zero attached hydrogens (tertiary/aromatic N) is 3. The Kier molecular flexibility index (Phi) is 8.24. The molecule has 224 valence electrons. The number of allylic oxidation sites excluding steroid dienone is 4. The van der Waals surface area contributed by atoms with Crippen molar-refractivity contribution in [1.29, 1.82) is 5.26 Å².